The molecule has 0 bridgehead atoms. The SMILES string of the molecule is O=C(C1CCN(CCN2C(=O)CCC2=O)C1)N1CCCC1. The van der Waals surface area contributed by atoms with Gasteiger partial charge in [0.2, 0.25) is 17.7 Å². The molecule has 6 heteroatoms. The third-order valence-corrected chi connectivity index (χ3v) is 4.83. The number of carbonyl (C=O) groups excluding carboxylic acids is 3. The van der Waals surface area contributed by atoms with Crippen LogP contribution in [-0.4, -0.2) is 71.7 Å². The molecule has 0 aromatic rings. The van der Waals surface area contributed by atoms with Crippen LogP contribution in [0.15, 0.2) is 0 Å². The Morgan fingerprint density at radius 2 is 1.67 bits per heavy atom. The van der Waals surface area contributed by atoms with Crippen molar-refractivity contribution < 1.29 is 14.4 Å². The minimum absolute atomic E-state index is 0.0520. The van der Waals surface area contributed by atoms with Crippen molar-refractivity contribution in [3.05, 3.63) is 0 Å². The average Bonchev–Trinajstić information content (AvgIpc) is 3.19. The molecule has 0 aromatic heterocycles. The van der Waals surface area contributed by atoms with Crippen LogP contribution in [0.5, 0.6) is 0 Å². The van der Waals surface area contributed by atoms with Crippen LogP contribution in [0.4, 0.5) is 0 Å². The van der Waals surface area contributed by atoms with Gasteiger partial charge < -0.3 is 9.80 Å². The van der Waals surface area contributed by atoms with E-state index in [-0.39, 0.29) is 17.7 Å². The first-order valence-corrected chi connectivity index (χ1v) is 7.99. The van der Waals surface area contributed by atoms with Gasteiger partial charge in [-0.05, 0) is 25.8 Å². The summed E-state index contributed by atoms with van der Waals surface area (Å²) in [5.41, 5.74) is 0. The fourth-order valence-corrected chi connectivity index (χ4v) is 3.55. The van der Waals surface area contributed by atoms with Gasteiger partial charge in [0.05, 0.1) is 5.92 Å². The van der Waals surface area contributed by atoms with Gasteiger partial charge >= 0.3 is 0 Å². The van der Waals surface area contributed by atoms with Crippen LogP contribution >= 0.6 is 0 Å². The smallest absolute Gasteiger partial charge is 0.229 e. The van der Waals surface area contributed by atoms with Crippen LogP contribution in [0, 0.1) is 5.92 Å². The highest BCUT2D eigenvalue weighted by Gasteiger charge is 2.34. The number of likely N-dealkylation sites (tertiary alicyclic amines) is 3. The third-order valence-electron chi connectivity index (χ3n) is 4.83. The lowest BCUT2D eigenvalue weighted by molar-refractivity contribution is -0.139. The Bertz CT molecular complexity index is 429. The van der Waals surface area contributed by atoms with Crippen molar-refractivity contribution in [1.82, 2.24) is 14.7 Å². The Morgan fingerprint density at radius 3 is 2.33 bits per heavy atom. The van der Waals surface area contributed by atoms with Gasteiger partial charge in [0, 0.05) is 45.6 Å². The molecule has 6 nitrogen and oxygen atoms in total. The minimum atomic E-state index is -0.0520. The van der Waals surface area contributed by atoms with Crippen LogP contribution in [0.3, 0.4) is 0 Å². The van der Waals surface area contributed by atoms with Crippen molar-refractivity contribution in [3.63, 3.8) is 0 Å². The molecule has 116 valence electrons. The second-order valence-electron chi connectivity index (χ2n) is 6.26. The summed E-state index contributed by atoms with van der Waals surface area (Å²) in [7, 11) is 0. The summed E-state index contributed by atoms with van der Waals surface area (Å²) in [6.07, 6.45) is 3.86. The van der Waals surface area contributed by atoms with Crippen LogP contribution in [0.25, 0.3) is 0 Å². The summed E-state index contributed by atoms with van der Waals surface area (Å²) in [5.74, 6) is 0.296. The fraction of sp³-hybridized carbons (Fsp3) is 0.800. The number of nitrogens with zero attached hydrogens (tertiary/aromatic N) is 3. The number of hydrogen-bond acceptors (Lipinski definition) is 4. The van der Waals surface area contributed by atoms with E-state index in [4.69, 9.17) is 0 Å². The summed E-state index contributed by atoms with van der Waals surface area (Å²) in [6, 6.07) is 0. The van der Waals surface area contributed by atoms with E-state index in [2.05, 4.69) is 4.90 Å². The number of rotatable bonds is 4. The zero-order valence-electron chi connectivity index (χ0n) is 12.4. The second-order valence-corrected chi connectivity index (χ2v) is 6.26. The molecule has 0 radical (unpaired) electrons. The molecule has 0 aliphatic carbocycles. The largest absolute Gasteiger partial charge is 0.342 e. The molecule has 3 aliphatic rings. The van der Waals surface area contributed by atoms with Crippen molar-refractivity contribution in [1.29, 1.82) is 0 Å². The number of carbonyl (C=O) groups is 3. The second kappa shape index (κ2) is 6.13. The summed E-state index contributed by atoms with van der Waals surface area (Å²) in [6.45, 7) is 4.65. The van der Waals surface area contributed by atoms with Gasteiger partial charge in [-0.15, -0.1) is 0 Å². The molecule has 0 spiro atoms. The van der Waals surface area contributed by atoms with Crippen molar-refractivity contribution in [3.8, 4) is 0 Å². The highest BCUT2D eigenvalue weighted by atomic mass is 16.2. The fourth-order valence-electron chi connectivity index (χ4n) is 3.55. The monoisotopic (exact) mass is 293 g/mol. The Morgan fingerprint density at radius 1 is 1.00 bits per heavy atom. The lowest BCUT2D eigenvalue weighted by Gasteiger charge is -2.22. The maximum absolute atomic E-state index is 12.3. The predicted molar refractivity (Wildman–Crippen MR) is 76.3 cm³/mol. The molecule has 3 amide bonds. The Balaban J connectivity index is 1.45. The molecule has 0 N–H and O–H groups in total. The highest BCUT2D eigenvalue weighted by molar-refractivity contribution is 6.01. The lowest BCUT2D eigenvalue weighted by atomic mass is 10.1. The first-order chi connectivity index (χ1) is 10.1. The van der Waals surface area contributed by atoms with E-state index in [0.29, 0.717) is 31.8 Å². The summed E-state index contributed by atoms with van der Waals surface area (Å²) >= 11 is 0. The van der Waals surface area contributed by atoms with Crippen LogP contribution in [0.2, 0.25) is 0 Å². The van der Waals surface area contributed by atoms with E-state index in [1.807, 2.05) is 4.90 Å². The van der Waals surface area contributed by atoms with Gasteiger partial charge in [-0.1, -0.05) is 0 Å². The van der Waals surface area contributed by atoms with Crippen LogP contribution < -0.4 is 0 Å². The van der Waals surface area contributed by atoms with Crippen LogP contribution in [0.1, 0.15) is 32.1 Å². The zero-order valence-corrected chi connectivity index (χ0v) is 12.4. The highest BCUT2D eigenvalue weighted by Crippen LogP contribution is 2.21. The van der Waals surface area contributed by atoms with Gasteiger partial charge in [0.15, 0.2) is 0 Å². The molecule has 3 heterocycles. The van der Waals surface area contributed by atoms with Crippen LogP contribution in [-0.2, 0) is 14.4 Å². The van der Waals surface area contributed by atoms with E-state index < -0.39 is 0 Å². The average molecular weight is 293 g/mol. The molecule has 21 heavy (non-hydrogen) atoms. The van der Waals surface area contributed by atoms with Crippen molar-refractivity contribution >= 4 is 17.7 Å². The van der Waals surface area contributed by atoms with Gasteiger partial charge in [-0.3, -0.25) is 19.3 Å². The number of amides is 3. The summed E-state index contributed by atoms with van der Waals surface area (Å²) < 4.78 is 0. The van der Waals surface area contributed by atoms with Gasteiger partial charge in [0.25, 0.3) is 0 Å². The maximum atomic E-state index is 12.3. The lowest BCUT2D eigenvalue weighted by Crippen LogP contribution is -2.38. The maximum Gasteiger partial charge on any atom is 0.229 e. The first kappa shape index (κ1) is 14.5. The predicted octanol–water partition coefficient (Wildman–Crippen LogP) is 0.0797. The van der Waals surface area contributed by atoms with E-state index in [1.54, 1.807) is 0 Å². The van der Waals surface area contributed by atoms with Crippen molar-refractivity contribution in [2.24, 2.45) is 5.92 Å². The Labute approximate surface area is 125 Å². The molecule has 0 saturated carbocycles. The standard InChI is InChI=1S/C15H23N3O3/c19-13-3-4-14(20)18(13)10-9-16-8-5-12(11-16)15(21)17-6-1-2-7-17/h12H,1-11H2. The molecule has 1 unspecified atom stereocenters. The molecule has 3 aliphatic heterocycles. The van der Waals surface area contributed by atoms with Gasteiger partial charge in [-0.25, -0.2) is 0 Å². The Hall–Kier alpha value is -1.43. The topological polar surface area (TPSA) is 60.9 Å². The van der Waals surface area contributed by atoms with E-state index in [0.717, 1.165) is 45.4 Å². The number of imide groups is 1. The summed E-state index contributed by atoms with van der Waals surface area (Å²) in [5, 5.41) is 0. The van der Waals surface area contributed by atoms with Crippen molar-refractivity contribution in [2.75, 3.05) is 39.3 Å². The minimum Gasteiger partial charge on any atom is -0.342 e. The van der Waals surface area contributed by atoms with Gasteiger partial charge in [-0.2, -0.15) is 0 Å². The molecular formula is C15H23N3O3. The molecule has 1 atom stereocenters. The first-order valence-electron chi connectivity index (χ1n) is 7.99. The van der Waals surface area contributed by atoms with Crippen molar-refractivity contribution in [2.45, 2.75) is 32.1 Å². The molecule has 3 saturated heterocycles. The Kier molecular flexibility index (Phi) is 4.24. The quantitative estimate of drug-likeness (QED) is 0.689. The van der Waals surface area contributed by atoms with Gasteiger partial charge in [0.1, 0.15) is 0 Å². The van der Waals surface area contributed by atoms with E-state index in [1.165, 1.54) is 4.90 Å². The normalized spacial score (nSPS) is 27.1. The molecule has 3 fully saturated rings. The molecular weight excluding hydrogens is 270 g/mol. The molecule has 0 aromatic carbocycles. The molecule has 3 rings (SSSR count). The van der Waals surface area contributed by atoms with E-state index >= 15 is 0 Å². The summed E-state index contributed by atoms with van der Waals surface area (Å²) in [4.78, 5) is 41.0. The van der Waals surface area contributed by atoms with E-state index in [9.17, 15) is 14.4 Å². The zero-order chi connectivity index (χ0) is 14.8. The number of hydrogen-bond donors (Lipinski definition) is 0. The third kappa shape index (κ3) is 3.10.